The van der Waals surface area contributed by atoms with Crippen LogP contribution in [0, 0.1) is 6.92 Å². The quantitative estimate of drug-likeness (QED) is 0.473. The van der Waals surface area contributed by atoms with Gasteiger partial charge in [0.05, 0.1) is 5.02 Å². The molecule has 23 heavy (non-hydrogen) atoms. The average molecular weight is 342 g/mol. The molecule has 0 radical (unpaired) electrons. The fraction of sp³-hybridized carbons (Fsp3) is 0.111. The first-order chi connectivity index (χ1) is 11.2. The largest absolute Gasteiger partial charge is 0.270 e. The second-order valence-electron chi connectivity index (χ2n) is 5.06. The molecule has 0 aliphatic rings. The molecule has 0 spiro atoms. The topological polar surface area (TPSA) is 30.7 Å². The van der Waals surface area contributed by atoms with Crippen LogP contribution in [0.1, 0.15) is 5.56 Å². The Balaban J connectivity index is 2.17. The van der Waals surface area contributed by atoms with Gasteiger partial charge in [-0.05, 0) is 31.2 Å². The van der Waals surface area contributed by atoms with Gasteiger partial charge in [-0.15, -0.1) is 16.8 Å². The zero-order valence-electron chi connectivity index (χ0n) is 12.7. The summed E-state index contributed by atoms with van der Waals surface area (Å²) in [6.07, 6.45) is 1.86. The number of nitrogens with zero attached hydrogens (tertiary/aromatic N) is 3. The minimum absolute atomic E-state index is 0.661. The molecule has 0 amide bonds. The highest BCUT2D eigenvalue weighted by Gasteiger charge is 2.17. The first-order valence-corrected chi connectivity index (χ1v) is 8.58. The predicted octanol–water partition coefficient (Wildman–Crippen LogP) is 5.17. The molecule has 0 saturated heterocycles. The number of benzene rings is 2. The number of thioether (sulfide) groups is 1. The standard InChI is InChI=1S/C18H16ClN3S/c1-3-12-23-18-21-20-17(15-6-4-5-7-16(15)19)22(18)14-10-8-13(2)9-11-14/h3-11H,1,12H2,2H3. The molecule has 3 nitrogen and oxygen atoms in total. The van der Waals surface area contributed by atoms with Crippen LogP contribution < -0.4 is 0 Å². The van der Waals surface area contributed by atoms with E-state index in [0.717, 1.165) is 28.0 Å². The molecule has 0 unspecified atom stereocenters. The molecule has 0 aliphatic carbocycles. The van der Waals surface area contributed by atoms with Gasteiger partial charge in [0.15, 0.2) is 11.0 Å². The van der Waals surface area contributed by atoms with Crippen molar-refractivity contribution in [1.82, 2.24) is 14.8 Å². The van der Waals surface area contributed by atoms with E-state index in [1.54, 1.807) is 11.8 Å². The summed E-state index contributed by atoms with van der Waals surface area (Å²) in [5.74, 6) is 1.51. The van der Waals surface area contributed by atoms with Gasteiger partial charge >= 0.3 is 0 Å². The second kappa shape index (κ2) is 7.02. The van der Waals surface area contributed by atoms with Crippen LogP contribution in [-0.2, 0) is 0 Å². The zero-order chi connectivity index (χ0) is 16.2. The van der Waals surface area contributed by atoms with Gasteiger partial charge in [0.2, 0.25) is 0 Å². The third-order valence-corrected chi connectivity index (χ3v) is 4.62. The van der Waals surface area contributed by atoms with Crippen molar-refractivity contribution in [3.63, 3.8) is 0 Å². The van der Waals surface area contributed by atoms with Crippen molar-refractivity contribution in [2.75, 3.05) is 5.75 Å². The van der Waals surface area contributed by atoms with Crippen molar-refractivity contribution < 1.29 is 0 Å². The average Bonchev–Trinajstić information content (AvgIpc) is 2.98. The van der Waals surface area contributed by atoms with Crippen LogP contribution in [-0.4, -0.2) is 20.5 Å². The van der Waals surface area contributed by atoms with Crippen molar-refractivity contribution in [2.45, 2.75) is 12.1 Å². The van der Waals surface area contributed by atoms with E-state index < -0.39 is 0 Å². The van der Waals surface area contributed by atoms with Crippen molar-refractivity contribution in [2.24, 2.45) is 0 Å². The van der Waals surface area contributed by atoms with Gasteiger partial charge < -0.3 is 0 Å². The number of rotatable bonds is 5. The Morgan fingerprint density at radius 3 is 2.57 bits per heavy atom. The molecule has 1 heterocycles. The van der Waals surface area contributed by atoms with Crippen LogP contribution in [0.2, 0.25) is 5.02 Å². The highest BCUT2D eigenvalue weighted by atomic mass is 35.5. The van der Waals surface area contributed by atoms with E-state index in [1.165, 1.54) is 5.56 Å². The van der Waals surface area contributed by atoms with E-state index in [1.807, 2.05) is 34.9 Å². The molecule has 0 atom stereocenters. The Morgan fingerprint density at radius 1 is 1.13 bits per heavy atom. The molecule has 2 aromatic carbocycles. The molecule has 0 saturated carbocycles. The first kappa shape index (κ1) is 15.8. The number of hydrogen-bond donors (Lipinski definition) is 0. The van der Waals surface area contributed by atoms with Gasteiger partial charge in [0, 0.05) is 17.0 Å². The van der Waals surface area contributed by atoms with Crippen LogP contribution in [0.5, 0.6) is 0 Å². The number of aryl methyl sites for hydroxylation is 1. The third-order valence-electron chi connectivity index (χ3n) is 3.37. The minimum Gasteiger partial charge on any atom is -0.270 e. The van der Waals surface area contributed by atoms with Gasteiger partial charge in [-0.25, -0.2) is 0 Å². The van der Waals surface area contributed by atoms with Crippen LogP contribution in [0.3, 0.4) is 0 Å². The summed E-state index contributed by atoms with van der Waals surface area (Å²) in [6.45, 7) is 5.84. The predicted molar refractivity (Wildman–Crippen MR) is 97.5 cm³/mol. The lowest BCUT2D eigenvalue weighted by molar-refractivity contribution is 0.887. The molecule has 0 aliphatic heterocycles. The molecular weight excluding hydrogens is 326 g/mol. The fourth-order valence-electron chi connectivity index (χ4n) is 2.24. The molecule has 116 valence electrons. The monoisotopic (exact) mass is 341 g/mol. The van der Waals surface area contributed by atoms with E-state index >= 15 is 0 Å². The van der Waals surface area contributed by atoms with Crippen molar-refractivity contribution in [1.29, 1.82) is 0 Å². The summed E-state index contributed by atoms with van der Waals surface area (Å²) >= 11 is 7.95. The third kappa shape index (κ3) is 3.33. The summed E-state index contributed by atoms with van der Waals surface area (Å²) in [6, 6.07) is 16.0. The Morgan fingerprint density at radius 2 is 1.87 bits per heavy atom. The summed E-state index contributed by atoms with van der Waals surface area (Å²) in [7, 11) is 0. The molecule has 0 fully saturated rings. The molecule has 1 aromatic heterocycles. The number of halogens is 1. The molecule has 0 N–H and O–H groups in total. The maximum Gasteiger partial charge on any atom is 0.196 e. The van der Waals surface area contributed by atoms with Gasteiger partial charge in [0.1, 0.15) is 0 Å². The summed E-state index contributed by atoms with van der Waals surface area (Å²) in [5.41, 5.74) is 3.09. The van der Waals surface area contributed by atoms with E-state index in [9.17, 15) is 0 Å². The van der Waals surface area contributed by atoms with E-state index in [-0.39, 0.29) is 0 Å². The first-order valence-electron chi connectivity index (χ1n) is 7.22. The van der Waals surface area contributed by atoms with Gasteiger partial charge in [-0.1, -0.05) is 59.3 Å². The lowest BCUT2D eigenvalue weighted by Gasteiger charge is -2.11. The van der Waals surface area contributed by atoms with Crippen molar-refractivity contribution >= 4 is 23.4 Å². The Bertz CT molecular complexity index is 825. The molecule has 3 rings (SSSR count). The summed E-state index contributed by atoms with van der Waals surface area (Å²) in [4.78, 5) is 0. The van der Waals surface area contributed by atoms with Crippen molar-refractivity contribution in [3.8, 4) is 17.1 Å². The van der Waals surface area contributed by atoms with E-state index in [2.05, 4.69) is 48.0 Å². The van der Waals surface area contributed by atoms with E-state index in [4.69, 9.17) is 11.6 Å². The second-order valence-corrected chi connectivity index (χ2v) is 6.45. The Labute approximate surface area is 145 Å². The Kier molecular flexibility index (Phi) is 4.84. The maximum atomic E-state index is 6.35. The molecule has 0 bridgehead atoms. The lowest BCUT2D eigenvalue weighted by atomic mass is 10.2. The van der Waals surface area contributed by atoms with Crippen molar-refractivity contribution in [3.05, 3.63) is 71.8 Å². The molecule has 5 heteroatoms. The van der Waals surface area contributed by atoms with Crippen LogP contribution in [0.15, 0.2) is 66.3 Å². The molecular formula is C18H16ClN3S. The number of hydrogen-bond acceptors (Lipinski definition) is 3. The Hall–Kier alpha value is -2.04. The smallest absolute Gasteiger partial charge is 0.196 e. The highest BCUT2D eigenvalue weighted by molar-refractivity contribution is 7.99. The SMILES string of the molecule is C=CCSc1nnc(-c2ccccc2Cl)n1-c1ccc(C)cc1. The van der Waals surface area contributed by atoms with E-state index in [0.29, 0.717) is 5.02 Å². The molecule has 3 aromatic rings. The van der Waals surface area contributed by atoms with Gasteiger partial charge in [-0.2, -0.15) is 0 Å². The van der Waals surface area contributed by atoms with Crippen LogP contribution in [0.4, 0.5) is 0 Å². The summed E-state index contributed by atoms with van der Waals surface area (Å²) in [5, 5.41) is 10.2. The van der Waals surface area contributed by atoms with Gasteiger partial charge in [0.25, 0.3) is 0 Å². The summed E-state index contributed by atoms with van der Waals surface area (Å²) < 4.78 is 2.04. The van der Waals surface area contributed by atoms with Crippen LogP contribution in [0.25, 0.3) is 17.1 Å². The van der Waals surface area contributed by atoms with Crippen LogP contribution >= 0.6 is 23.4 Å². The fourth-order valence-corrected chi connectivity index (χ4v) is 3.15. The zero-order valence-corrected chi connectivity index (χ0v) is 14.3. The minimum atomic E-state index is 0.661. The number of aromatic nitrogens is 3. The lowest BCUT2D eigenvalue weighted by Crippen LogP contribution is -2.00. The maximum absolute atomic E-state index is 6.35. The normalized spacial score (nSPS) is 10.7. The highest BCUT2D eigenvalue weighted by Crippen LogP contribution is 2.31. The van der Waals surface area contributed by atoms with Gasteiger partial charge in [-0.3, -0.25) is 4.57 Å².